The first-order valence-corrected chi connectivity index (χ1v) is 11.6. The summed E-state index contributed by atoms with van der Waals surface area (Å²) >= 11 is 0. The van der Waals surface area contributed by atoms with Crippen LogP contribution >= 0.6 is 0 Å². The van der Waals surface area contributed by atoms with E-state index in [9.17, 15) is 22.0 Å². The van der Waals surface area contributed by atoms with Gasteiger partial charge < -0.3 is 10.1 Å². The van der Waals surface area contributed by atoms with Crippen LogP contribution in [0.4, 0.5) is 14.5 Å². The van der Waals surface area contributed by atoms with E-state index in [0.717, 1.165) is 59.5 Å². The van der Waals surface area contributed by atoms with Gasteiger partial charge in [-0.15, -0.1) is 0 Å². The lowest BCUT2D eigenvalue weighted by Crippen LogP contribution is -2.40. The molecule has 0 unspecified atom stereocenters. The van der Waals surface area contributed by atoms with E-state index in [-0.39, 0.29) is 12.2 Å². The highest BCUT2D eigenvalue weighted by Crippen LogP contribution is 2.20. The second kappa shape index (κ2) is 10.2. The molecule has 2 aromatic carbocycles. The third-order valence-electron chi connectivity index (χ3n) is 4.87. The minimum Gasteiger partial charge on any atom is -0.379 e. The zero-order valence-electron chi connectivity index (χ0n) is 17.2. The number of rotatable bonds is 8. The van der Waals surface area contributed by atoms with Crippen LogP contribution in [0.5, 0.6) is 0 Å². The van der Waals surface area contributed by atoms with Crippen molar-refractivity contribution in [3.05, 3.63) is 65.2 Å². The lowest BCUT2D eigenvalue weighted by atomic mass is 10.1. The van der Waals surface area contributed by atoms with Crippen molar-refractivity contribution in [1.29, 1.82) is 0 Å². The van der Waals surface area contributed by atoms with Crippen LogP contribution in [0.1, 0.15) is 11.1 Å². The molecule has 1 amide bonds. The molecule has 168 valence electrons. The number of nitrogens with zero attached hydrogens (tertiary/aromatic N) is 2. The predicted octanol–water partition coefficient (Wildman–Crippen LogP) is 1.88. The molecule has 2 aromatic rings. The molecule has 0 bridgehead atoms. The van der Waals surface area contributed by atoms with Crippen LogP contribution in [0.2, 0.25) is 0 Å². The number of carbonyl (C=O) groups excluding carboxylic acids is 1. The van der Waals surface area contributed by atoms with Crippen molar-refractivity contribution < 1.29 is 26.7 Å². The fourth-order valence-electron chi connectivity index (χ4n) is 3.28. The Morgan fingerprint density at radius 3 is 2.48 bits per heavy atom. The van der Waals surface area contributed by atoms with Crippen molar-refractivity contribution in [3.63, 3.8) is 0 Å². The Balaban J connectivity index is 1.61. The van der Waals surface area contributed by atoms with Crippen molar-refractivity contribution in [3.8, 4) is 0 Å². The molecule has 1 aliphatic rings. The molecule has 10 heteroatoms. The summed E-state index contributed by atoms with van der Waals surface area (Å²) in [6.45, 7) is 3.61. The van der Waals surface area contributed by atoms with Gasteiger partial charge in [0.25, 0.3) is 0 Å². The molecular formula is C21H25F2N3O4S. The molecule has 0 spiro atoms. The standard InChI is InChI=1S/C21H25F2N3O4S/c1-31(28,29)26(18-5-6-19(22)20(23)12-18)15-21(27)24-13-16-3-2-4-17(11-16)14-25-7-9-30-10-8-25/h2-6,11-12H,7-10,13-15H2,1H3,(H,24,27). The molecule has 1 heterocycles. The third kappa shape index (κ3) is 6.71. The van der Waals surface area contributed by atoms with Crippen molar-refractivity contribution in [2.45, 2.75) is 13.1 Å². The maximum absolute atomic E-state index is 13.5. The van der Waals surface area contributed by atoms with E-state index in [1.165, 1.54) is 0 Å². The number of sulfonamides is 1. The Bertz CT molecular complexity index is 1030. The number of amides is 1. The summed E-state index contributed by atoms with van der Waals surface area (Å²) in [5, 5.41) is 2.68. The van der Waals surface area contributed by atoms with Crippen molar-refractivity contribution in [2.75, 3.05) is 43.4 Å². The predicted molar refractivity (Wildman–Crippen MR) is 113 cm³/mol. The first-order valence-electron chi connectivity index (χ1n) is 9.80. The van der Waals surface area contributed by atoms with Crippen LogP contribution in [0.25, 0.3) is 0 Å². The number of morpholine rings is 1. The first kappa shape index (κ1) is 23.1. The van der Waals surface area contributed by atoms with Gasteiger partial charge in [0.1, 0.15) is 6.54 Å². The molecule has 3 rings (SSSR count). The van der Waals surface area contributed by atoms with Gasteiger partial charge in [-0.2, -0.15) is 0 Å². The SMILES string of the molecule is CS(=O)(=O)N(CC(=O)NCc1cccc(CN2CCOCC2)c1)c1ccc(F)c(F)c1. The molecule has 0 radical (unpaired) electrons. The number of halogens is 2. The quantitative estimate of drug-likeness (QED) is 0.660. The van der Waals surface area contributed by atoms with Crippen LogP contribution in [0.15, 0.2) is 42.5 Å². The highest BCUT2D eigenvalue weighted by Gasteiger charge is 2.22. The Morgan fingerprint density at radius 1 is 1.10 bits per heavy atom. The Morgan fingerprint density at radius 2 is 1.81 bits per heavy atom. The average Bonchev–Trinajstić information content (AvgIpc) is 2.73. The van der Waals surface area contributed by atoms with Crippen molar-refractivity contribution in [2.24, 2.45) is 0 Å². The molecule has 0 aliphatic carbocycles. The molecule has 0 aromatic heterocycles. The second-order valence-corrected chi connectivity index (χ2v) is 9.26. The Hall–Kier alpha value is -2.56. The fraction of sp³-hybridized carbons (Fsp3) is 0.381. The average molecular weight is 454 g/mol. The number of anilines is 1. The molecule has 7 nitrogen and oxygen atoms in total. The number of nitrogens with one attached hydrogen (secondary N) is 1. The maximum Gasteiger partial charge on any atom is 0.241 e. The zero-order valence-corrected chi connectivity index (χ0v) is 18.0. The molecule has 0 atom stereocenters. The smallest absolute Gasteiger partial charge is 0.241 e. The van der Waals surface area contributed by atoms with Gasteiger partial charge in [-0.05, 0) is 23.3 Å². The lowest BCUT2D eigenvalue weighted by molar-refractivity contribution is -0.119. The molecule has 1 fully saturated rings. The van der Waals surface area contributed by atoms with Crippen LogP contribution in [0.3, 0.4) is 0 Å². The number of carbonyl (C=O) groups is 1. The summed E-state index contributed by atoms with van der Waals surface area (Å²) in [7, 11) is -3.88. The van der Waals surface area contributed by atoms with Gasteiger partial charge in [0.05, 0.1) is 25.2 Å². The number of hydrogen-bond acceptors (Lipinski definition) is 5. The molecule has 31 heavy (non-hydrogen) atoms. The molecule has 1 aliphatic heterocycles. The van der Waals surface area contributed by atoms with Gasteiger partial charge in [0.15, 0.2) is 11.6 Å². The zero-order chi connectivity index (χ0) is 22.4. The molecule has 1 saturated heterocycles. The third-order valence-corrected chi connectivity index (χ3v) is 6.01. The van der Waals surface area contributed by atoms with Crippen LogP contribution in [0, 0.1) is 11.6 Å². The van der Waals surface area contributed by atoms with E-state index in [1.807, 2.05) is 24.3 Å². The van der Waals surface area contributed by atoms with E-state index < -0.39 is 34.1 Å². The van der Waals surface area contributed by atoms with Gasteiger partial charge in [0, 0.05) is 32.2 Å². The summed E-state index contributed by atoms with van der Waals surface area (Å²) in [6.07, 6.45) is 0.899. The minimum absolute atomic E-state index is 0.121. The highest BCUT2D eigenvalue weighted by atomic mass is 32.2. The van der Waals surface area contributed by atoms with Crippen LogP contribution in [-0.4, -0.2) is 58.3 Å². The number of ether oxygens (including phenoxy) is 1. The molecule has 0 saturated carbocycles. The monoisotopic (exact) mass is 453 g/mol. The Labute approximate surface area is 180 Å². The van der Waals surface area contributed by atoms with E-state index in [1.54, 1.807) is 0 Å². The van der Waals surface area contributed by atoms with E-state index in [2.05, 4.69) is 10.2 Å². The van der Waals surface area contributed by atoms with Gasteiger partial charge in [-0.25, -0.2) is 17.2 Å². The minimum atomic E-state index is -3.88. The molecular weight excluding hydrogens is 428 g/mol. The summed E-state index contributed by atoms with van der Waals surface area (Å²) in [5.74, 6) is -2.85. The second-order valence-electron chi connectivity index (χ2n) is 7.35. The first-order chi connectivity index (χ1) is 14.7. The maximum atomic E-state index is 13.5. The van der Waals surface area contributed by atoms with Gasteiger partial charge in [-0.3, -0.25) is 14.0 Å². The summed E-state index contributed by atoms with van der Waals surface area (Å²) in [4.78, 5) is 14.7. The largest absolute Gasteiger partial charge is 0.379 e. The molecule has 1 N–H and O–H groups in total. The normalized spacial score (nSPS) is 14.9. The topological polar surface area (TPSA) is 79.0 Å². The summed E-state index contributed by atoms with van der Waals surface area (Å²) in [5.41, 5.74) is 1.86. The Kier molecular flexibility index (Phi) is 7.58. The number of hydrogen-bond donors (Lipinski definition) is 1. The van der Waals surface area contributed by atoms with Gasteiger partial charge in [0.2, 0.25) is 15.9 Å². The lowest BCUT2D eigenvalue weighted by Gasteiger charge is -2.26. The highest BCUT2D eigenvalue weighted by molar-refractivity contribution is 7.92. The van der Waals surface area contributed by atoms with Crippen molar-refractivity contribution in [1.82, 2.24) is 10.2 Å². The summed E-state index contributed by atoms with van der Waals surface area (Å²) < 4.78 is 57.0. The summed E-state index contributed by atoms with van der Waals surface area (Å²) in [6, 6.07) is 10.4. The van der Waals surface area contributed by atoms with E-state index in [0.29, 0.717) is 13.2 Å². The van der Waals surface area contributed by atoms with Crippen LogP contribution < -0.4 is 9.62 Å². The van der Waals surface area contributed by atoms with Gasteiger partial charge in [-0.1, -0.05) is 24.3 Å². The van der Waals surface area contributed by atoms with Crippen molar-refractivity contribution >= 4 is 21.6 Å². The van der Waals surface area contributed by atoms with Crippen LogP contribution in [-0.2, 0) is 32.6 Å². The van der Waals surface area contributed by atoms with Gasteiger partial charge >= 0.3 is 0 Å². The van der Waals surface area contributed by atoms with E-state index in [4.69, 9.17) is 4.74 Å². The van der Waals surface area contributed by atoms with E-state index >= 15 is 0 Å². The number of benzene rings is 2. The fourth-order valence-corrected chi connectivity index (χ4v) is 4.13.